The molecule has 112 valence electrons. The molecule has 0 bridgehead atoms. The topological polar surface area (TPSA) is 68.3 Å². The third-order valence-electron chi connectivity index (χ3n) is 3.05. The number of hydrogen-bond acceptors (Lipinski definition) is 4. The molecule has 21 heavy (non-hydrogen) atoms. The fourth-order valence-corrected chi connectivity index (χ4v) is 2.82. The maximum atomic E-state index is 12.3. The van der Waals surface area contributed by atoms with E-state index in [0.29, 0.717) is 17.4 Å². The Morgan fingerprint density at radius 2 is 1.86 bits per heavy atom. The molecule has 0 fully saturated rings. The number of hydrogen-bond donors (Lipinski definition) is 1. The summed E-state index contributed by atoms with van der Waals surface area (Å²) in [5.74, 6) is 0.760. The number of nitrogens with zero attached hydrogens (tertiary/aromatic N) is 1. The van der Waals surface area contributed by atoms with Gasteiger partial charge in [-0.3, -0.25) is 4.72 Å². The van der Waals surface area contributed by atoms with E-state index in [1.807, 2.05) is 13.8 Å². The van der Waals surface area contributed by atoms with Gasteiger partial charge in [-0.1, -0.05) is 32.0 Å². The van der Waals surface area contributed by atoms with Crippen LogP contribution in [0.3, 0.4) is 0 Å². The largest absolute Gasteiger partial charge is 0.495 e. The van der Waals surface area contributed by atoms with E-state index in [1.165, 1.54) is 13.2 Å². The van der Waals surface area contributed by atoms with Gasteiger partial charge < -0.3 is 4.74 Å². The quantitative estimate of drug-likeness (QED) is 0.922. The molecule has 0 aliphatic carbocycles. The van der Waals surface area contributed by atoms with Crippen molar-refractivity contribution < 1.29 is 13.2 Å². The predicted molar refractivity (Wildman–Crippen MR) is 82.1 cm³/mol. The summed E-state index contributed by atoms with van der Waals surface area (Å²) >= 11 is 0. The molecule has 0 aliphatic heterocycles. The third kappa shape index (κ3) is 3.52. The van der Waals surface area contributed by atoms with E-state index in [9.17, 15) is 8.42 Å². The Hall–Kier alpha value is -2.08. The highest BCUT2D eigenvalue weighted by molar-refractivity contribution is 7.92. The number of ether oxygens (including phenoxy) is 1. The fraction of sp³-hybridized carbons (Fsp3) is 0.267. The van der Waals surface area contributed by atoms with Crippen LogP contribution < -0.4 is 9.46 Å². The normalized spacial score (nSPS) is 11.4. The molecular weight excluding hydrogens is 288 g/mol. The molecule has 1 heterocycles. The number of nitrogens with one attached hydrogen (secondary N) is 1. The summed E-state index contributed by atoms with van der Waals surface area (Å²) in [6.07, 6.45) is 1.58. The number of anilines is 1. The lowest BCUT2D eigenvalue weighted by Gasteiger charge is -2.11. The van der Waals surface area contributed by atoms with Crippen molar-refractivity contribution in [1.82, 2.24) is 4.98 Å². The van der Waals surface area contributed by atoms with Crippen molar-refractivity contribution in [3.05, 3.63) is 48.2 Å². The van der Waals surface area contributed by atoms with Gasteiger partial charge in [0.25, 0.3) is 10.0 Å². The first-order valence-electron chi connectivity index (χ1n) is 6.56. The molecule has 1 aromatic carbocycles. The number of sulfonamides is 1. The van der Waals surface area contributed by atoms with Gasteiger partial charge in [0.1, 0.15) is 5.75 Å². The average molecular weight is 306 g/mol. The molecule has 0 saturated heterocycles. The van der Waals surface area contributed by atoms with Gasteiger partial charge in [-0.15, -0.1) is 0 Å². The van der Waals surface area contributed by atoms with Crippen LogP contribution in [-0.4, -0.2) is 20.5 Å². The van der Waals surface area contributed by atoms with Crippen LogP contribution in [0.15, 0.2) is 47.6 Å². The first-order chi connectivity index (χ1) is 9.94. The van der Waals surface area contributed by atoms with Gasteiger partial charge in [-0.2, -0.15) is 8.42 Å². The molecule has 1 aromatic heterocycles. The summed E-state index contributed by atoms with van der Waals surface area (Å²) in [4.78, 5) is 4.03. The van der Waals surface area contributed by atoms with Crippen molar-refractivity contribution in [3.8, 4) is 5.75 Å². The summed E-state index contributed by atoms with van der Waals surface area (Å²) < 4.78 is 32.3. The van der Waals surface area contributed by atoms with Crippen LogP contribution in [0.25, 0.3) is 0 Å². The highest BCUT2D eigenvalue weighted by Gasteiger charge is 2.17. The van der Waals surface area contributed by atoms with E-state index in [2.05, 4.69) is 9.71 Å². The van der Waals surface area contributed by atoms with Crippen molar-refractivity contribution in [2.24, 2.45) is 0 Å². The van der Waals surface area contributed by atoms with Crippen LogP contribution in [0, 0.1) is 0 Å². The zero-order valence-corrected chi connectivity index (χ0v) is 13.0. The Kier molecular flexibility index (Phi) is 4.47. The summed E-state index contributed by atoms with van der Waals surface area (Å²) in [5.41, 5.74) is 1.38. The number of methoxy groups -OCH3 is 1. The number of benzene rings is 1. The van der Waals surface area contributed by atoms with Crippen LogP contribution in [-0.2, 0) is 10.0 Å². The van der Waals surface area contributed by atoms with Crippen molar-refractivity contribution in [3.63, 3.8) is 0 Å². The maximum absolute atomic E-state index is 12.3. The molecule has 0 unspecified atom stereocenters. The minimum absolute atomic E-state index is 0.0159. The Morgan fingerprint density at radius 3 is 2.43 bits per heavy atom. The summed E-state index contributed by atoms with van der Waals surface area (Å²) in [6.45, 7) is 4.05. The molecule has 5 nitrogen and oxygen atoms in total. The van der Waals surface area contributed by atoms with Gasteiger partial charge in [0.05, 0.1) is 12.8 Å². The highest BCUT2D eigenvalue weighted by atomic mass is 32.2. The van der Waals surface area contributed by atoms with Crippen molar-refractivity contribution in [2.45, 2.75) is 24.8 Å². The van der Waals surface area contributed by atoms with Gasteiger partial charge in [0.2, 0.25) is 0 Å². The molecule has 0 aliphatic rings. The molecule has 0 spiro atoms. The molecule has 0 amide bonds. The second-order valence-corrected chi connectivity index (χ2v) is 6.52. The Balaban J connectivity index is 2.30. The lowest BCUT2D eigenvalue weighted by molar-refractivity contribution is 0.417. The smallest absolute Gasteiger partial charge is 0.279 e. The second kappa shape index (κ2) is 6.13. The lowest BCUT2D eigenvalue weighted by Crippen LogP contribution is -2.15. The van der Waals surface area contributed by atoms with Gasteiger partial charge in [0, 0.05) is 6.20 Å². The summed E-state index contributed by atoms with van der Waals surface area (Å²) in [6, 6.07) is 10.1. The first kappa shape index (κ1) is 15.3. The van der Waals surface area contributed by atoms with Crippen LogP contribution in [0.4, 0.5) is 5.69 Å². The van der Waals surface area contributed by atoms with Gasteiger partial charge in [0.15, 0.2) is 5.03 Å². The Morgan fingerprint density at radius 1 is 1.14 bits per heavy atom. The van der Waals surface area contributed by atoms with Crippen molar-refractivity contribution in [1.29, 1.82) is 0 Å². The molecule has 2 rings (SSSR count). The molecule has 6 heteroatoms. The fourth-order valence-electron chi connectivity index (χ4n) is 1.82. The van der Waals surface area contributed by atoms with Crippen molar-refractivity contribution in [2.75, 3.05) is 11.8 Å². The molecule has 0 saturated carbocycles. The van der Waals surface area contributed by atoms with Crippen LogP contribution in [0.1, 0.15) is 25.3 Å². The standard InChI is InChI=1S/C15H18N2O3S/c1-11(2)12-8-9-15(16-10-12)21(18,19)17-13-6-4-5-7-14(13)20-3/h4-11,17H,1-3H3. The zero-order chi connectivity index (χ0) is 15.5. The van der Waals surface area contributed by atoms with E-state index < -0.39 is 10.0 Å². The SMILES string of the molecule is COc1ccccc1NS(=O)(=O)c1ccc(C(C)C)cn1. The molecule has 2 aromatic rings. The number of aromatic nitrogens is 1. The van der Waals surface area contributed by atoms with Crippen LogP contribution in [0.2, 0.25) is 0 Å². The molecule has 1 N–H and O–H groups in total. The molecule has 0 radical (unpaired) electrons. The summed E-state index contributed by atoms with van der Waals surface area (Å²) in [7, 11) is -2.24. The average Bonchev–Trinajstić information content (AvgIpc) is 2.47. The van der Waals surface area contributed by atoms with E-state index in [4.69, 9.17) is 4.74 Å². The molecule has 0 atom stereocenters. The van der Waals surface area contributed by atoms with Gasteiger partial charge in [-0.25, -0.2) is 4.98 Å². The third-order valence-corrected chi connectivity index (χ3v) is 4.33. The summed E-state index contributed by atoms with van der Waals surface area (Å²) in [5, 5.41) is -0.0159. The first-order valence-corrected chi connectivity index (χ1v) is 8.04. The van der Waals surface area contributed by atoms with E-state index in [0.717, 1.165) is 5.56 Å². The number of para-hydroxylation sites is 2. The van der Waals surface area contributed by atoms with Crippen LogP contribution >= 0.6 is 0 Å². The maximum Gasteiger partial charge on any atom is 0.279 e. The van der Waals surface area contributed by atoms with E-state index in [-0.39, 0.29) is 5.03 Å². The number of rotatable bonds is 5. The second-order valence-electron chi connectivity index (χ2n) is 4.89. The lowest BCUT2D eigenvalue weighted by atomic mass is 10.1. The predicted octanol–water partition coefficient (Wildman–Crippen LogP) is 3.01. The Labute approximate surface area is 125 Å². The van der Waals surface area contributed by atoms with Crippen LogP contribution in [0.5, 0.6) is 5.75 Å². The zero-order valence-electron chi connectivity index (χ0n) is 12.2. The van der Waals surface area contributed by atoms with Crippen molar-refractivity contribution >= 4 is 15.7 Å². The minimum Gasteiger partial charge on any atom is -0.495 e. The van der Waals surface area contributed by atoms with E-state index >= 15 is 0 Å². The minimum atomic E-state index is -3.73. The highest BCUT2D eigenvalue weighted by Crippen LogP contribution is 2.25. The monoisotopic (exact) mass is 306 g/mol. The molecular formula is C15H18N2O3S. The van der Waals surface area contributed by atoms with E-state index in [1.54, 1.807) is 36.5 Å². The Bertz CT molecular complexity index is 710. The van der Waals surface area contributed by atoms with Gasteiger partial charge in [-0.05, 0) is 29.7 Å². The van der Waals surface area contributed by atoms with Gasteiger partial charge >= 0.3 is 0 Å². The number of pyridine rings is 1.